The van der Waals surface area contributed by atoms with Crippen LogP contribution in [0.3, 0.4) is 0 Å². The Morgan fingerprint density at radius 3 is 3.11 bits per heavy atom. The van der Waals surface area contributed by atoms with Crippen LogP contribution >= 0.6 is 0 Å². The lowest BCUT2D eigenvalue weighted by atomic mass is 10.0. The van der Waals surface area contributed by atoms with E-state index in [2.05, 4.69) is 26.3 Å². The van der Waals surface area contributed by atoms with Gasteiger partial charge in [-0.2, -0.15) is 0 Å². The molecule has 5 heteroatoms. The summed E-state index contributed by atoms with van der Waals surface area (Å²) in [6.45, 7) is 7.88. The fraction of sp³-hybridized carbons (Fsp3) is 0.714. The molecule has 2 fully saturated rings. The largest absolute Gasteiger partial charge is 0.381 e. The number of rotatable bonds is 2. The number of hydrogen-bond acceptors (Lipinski definition) is 5. The zero-order valence-corrected chi connectivity index (χ0v) is 11.6. The second kappa shape index (κ2) is 5.84. The minimum atomic E-state index is 0.450. The molecule has 104 valence electrons. The van der Waals surface area contributed by atoms with E-state index in [1.165, 1.54) is 6.42 Å². The Balaban J connectivity index is 1.83. The van der Waals surface area contributed by atoms with Crippen molar-refractivity contribution >= 4 is 5.82 Å². The smallest absolute Gasteiger partial charge is 0.132 e. The molecule has 0 bridgehead atoms. The topological polar surface area (TPSA) is 50.3 Å². The van der Waals surface area contributed by atoms with Crippen molar-refractivity contribution in [3.05, 3.63) is 17.6 Å². The van der Waals surface area contributed by atoms with Gasteiger partial charge in [-0.05, 0) is 26.3 Å². The van der Waals surface area contributed by atoms with E-state index in [1.807, 2.05) is 6.92 Å². The predicted octanol–water partition coefficient (Wildman–Crippen LogP) is 1.09. The molecule has 1 aromatic heterocycles. The predicted molar refractivity (Wildman–Crippen MR) is 74.6 cm³/mol. The molecule has 0 amide bonds. The number of aromatic nitrogens is 2. The summed E-state index contributed by atoms with van der Waals surface area (Å²) in [5.74, 6) is 2.40. The molecule has 0 unspecified atom stereocenters. The van der Waals surface area contributed by atoms with Crippen LogP contribution in [0, 0.1) is 6.92 Å². The quantitative estimate of drug-likeness (QED) is 0.864. The van der Waals surface area contributed by atoms with Crippen LogP contribution in [-0.2, 0) is 4.74 Å². The number of ether oxygens (including phenoxy) is 1. The number of anilines is 1. The molecule has 0 saturated carbocycles. The Morgan fingerprint density at radius 2 is 2.26 bits per heavy atom. The fourth-order valence-electron chi connectivity index (χ4n) is 2.79. The van der Waals surface area contributed by atoms with E-state index in [4.69, 9.17) is 4.74 Å². The van der Waals surface area contributed by atoms with Crippen molar-refractivity contribution in [2.24, 2.45) is 0 Å². The number of nitrogens with one attached hydrogen (secondary N) is 1. The van der Waals surface area contributed by atoms with Gasteiger partial charge in [-0.3, -0.25) is 0 Å². The van der Waals surface area contributed by atoms with Crippen LogP contribution in [0.25, 0.3) is 0 Å². The maximum atomic E-state index is 5.47. The van der Waals surface area contributed by atoms with Crippen molar-refractivity contribution < 1.29 is 4.74 Å². The van der Waals surface area contributed by atoms with E-state index in [1.54, 1.807) is 0 Å². The van der Waals surface area contributed by atoms with Crippen molar-refractivity contribution in [3.63, 3.8) is 0 Å². The summed E-state index contributed by atoms with van der Waals surface area (Å²) in [6.07, 6.45) is 2.25. The molecule has 1 aromatic rings. The minimum Gasteiger partial charge on any atom is -0.381 e. The summed E-state index contributed by atoms with van der Waals surface area (Å²) < 4.78 is 5.47. The Labute approximate surface area is 114 Å². The van der Waals surface area contributed by atoms with Gasteiger partial charge in [0.2, 0.25) is 0 Å². The van der Waals surface area contributed by atoms with Crippen LogP contribution in [0.2, 0.25) is 0 Å². The van der Waals surface area contributed by atoms with Crippen LogP contribution in [-0.4, -0.2) is 49.4 Å². The zero-order valence-electron chi connectivity index (χ0n) is 11.6. The molecule has 0 spiro atoms. The first kappa shape index (κ1) is 12.8. The van der Waals surface area contributed by atoms with Gasteiger partial charge < -0.3 is 15.0 Å². The highest BCUT2D eigenvalue weighted by Gasteiger charge is 2.21. The molecule has 5 nitrogen and oxygen atoms in total. The van der Waals surface area contributed by atoms with E-state index < -0.39 is 0 Å². The first-order chi connectivity index (χ1) is 9.33. The molecular weight excluding hydrogens is 240 g/mol. The van der Waals surface area contributed by atoms with E-state index in [9.17, 15) is 0 Å². The lowest BCUT2D eigenvalue weighted by Gasteiger charge is -2.22. The van der Waals surface area contributed by atoms with Crippen LogP contribution in [0.5, 0.6) is 0 Å². The molecule has 0 aliphatic carbocycles. The van der Waals surface area contributed by atoms with Gasteiger partial charge >= 0.3 is 0 Å². The van der Waals surface area contributed by atoms with E-state index in [-0.39, 0.29) is 0 Å². The average Bonchev–Trinajstić information content (AvgIpc) is 2.81. The summed E-state index contributed by atoms with van der Waals surface area (Å²) in [4.78, 5) is 11.6. The minimum absolute atomic E-state index is 0.450. The molecule has 19 heavy (non-hydrogen) atoms. The monoisotopic (exact) mass is 262 g/mol. The average molecular weight is 262 g/mol. The highest BCUT2D eigenvalue weighted by Crippen LogP contribution is 2.26. The Kier molecular flexibility index (Phi) is 3.94. The van der Waals surface area contributed by atoms with Crippen molar-refractivity contribution in [1.29, 1.82) is 0 Å². The first-order valence-electron chi connectivity index (χ1n) is 7.22. The molecule has 2 aliphatic heterocycles. The van der Waals surface area contributed by atoms with Crippen molar-refractivity contribution in [1.82, 2.24) is 15.3 Å². The molecule has 0 aromatic carbocycles. The van der Waals surface area contributed by atoms with E-state index in [0.717, 1.165) is 63.1 Å². The maximum Gasteiger partial charge on any atom is 0.132 e. The number of nitrogens with zero attached hydrogens (tertiary/aromatic N) is 3. The molecule has 3 heterocycles. The van der Waals surface area contributed by atoms with Gasteiger partial charge in [0.25, 0.3) is 0 Å². The molecular formula is C14H22N4O. The molecule has 1 atom stereocenters. The Hall–Kier alpha value is -1.20. The third kappa shape index (κ3) is 3.04. The van der Waals surface area contributed by atoms with Crippen LogP contribution < -0.4 is 10.2 Å². The second-order valence-corrected chi connectivity index (χ2v) is 5.35. The van der Waals surface area contributed by atoms with Crippen LogP contribution in [0.4, 0.5) is 5.82 Å². The number of aryl methyl sites for hydroxylation is 1. The maximum absolute atomic E-state index is 5.47. The molecule has 3 rings (SSSR count). The van der Waals surface area contributed by atoms with Gasteiger partial charge in [0.15, 0.2) is 0 Å². The molecule has 1 N–H and O–H groups in total. The van der Waals surface area contributed by atoms with E-state index >= 15 is 0 Å². The summed E-state index contributed by atoms with van der Waals surface area (Å²) in [6, 6.07) is 2.16. The fourth-order valence-corrected chi connectivity index (χ4v) is 2.79. The second-order valence-electron chi connectivity index (χ2n) is 5.35. The van der Waals surface area contributed by atoms with Crippen LogP contribution in [0.15, 0.2) is 6.07 Å². The first-order valence-corrected chi connectivity index (χ1v) is 7.22. The van der Waals surface area contributed by atoms with Gasteiger partial charge in [0.05, 0.1) is 12.3 Å². The summed E-state index contributed by atoms with van der Waals surface area (Å²) in [7, 11) is 0. The summed E-state index contributed by atoms with van der Waals surface area (Å²) in [5, 5.41) is 3.43. The third-order valence-electron chi connectivity index (χ3n) is 3.86. The number of hydrogen-bond donors (Lipinski definition) is 1. The van der Waals surface area contributed by atoms with Gasteiger partial charge in [-0.25, -0.2) is 9.97 Å². The summed E-state index contributed by atoms with van der Waals surface area (Å²) in [5.41, 5.74) is 1.15. The van der Waals surface area contributed by atoms with E-state index in [0.29, 0.717) is 5.92 Å². The summed E-state index contributed by atoms with van der Waals surface area (Å²) >= 11 is 0. The van der Waals surface area contributed by atoms with Crippen LogP contribution in [0.1, 0.15) is 30.3 Å². The normalized spacial score (nSPS) is 24.5. The van der Waals surface area contributed by atoms with Gasteiger partial charge in [0, 0.05) is 38.2 Å². The molecule has 2 aliphatic rings. The van der Waals surface area contributed by atoms with Crippen molar-refractivity contribution in [2.75, 3.05) is 44.3 Å². The standard InChI is InChI=1S/C14H22N4O/c1-11-16-13(12-3-8-19-10-12)9-14(17-11)18-6-2-4-15-5-7-18/h9,12,15H,2-8,10H2,1H3/t12-/m1/s1. The lowest BCUT2D eigenvalue weighted by molar-refractivity contribution is 0.193. The van der Waals surface area contributed by atoms with Crippen molar-refractivity contribution in [3.8, 4) is 0 Å². The molecule has 0 radical (unpaired) electrons. The molecule has 2 saturated heterocycles. The highest BCUT2D eigenvalue weighted by molar-refractivity contribution is 5.41. The van der Waals surface area contributed by atoms with Crippen molar-refractivity contribution in [2.45, 2.75) is 25.7 Å². The van der Waals surface area contributed by atoms with Gasteiger partial charge in [0.1, 0.15) is 11.6 Å². The van der Waals surface area contributed by atoms with Gasteiger partial charge in [-0.15, -0.1) is 0 Å². The Morgan fingerprint density at radius 1 is 1.32 bits per heavy atom. The third-order valence-corrected chi connectivity index (χ3v) is 3.86. The Bertz CT molecular complexity index is 423. The SMILES string of the molecule is Cc1nc([C@@H]2CCOC2)cc(N2CCCNCC2)n1. The zero-order chi connectivity index (χ0) is 13.1. The van der Waals surface area contributed by atoms with Gasteiger partial charge in [-0.1, -0.05) is 0 Å². The lowest BCUT2D eigenvalue weighted by Crippen LogP contribution is -2.29. The highest BCUT2D eigenvalue weighted by atomic mass is 16.5.